The van der Waals surface area contributed by atoms with Crippen LogP contribution >= 0.6 is 11.6 Å². The van der Waals surface area contributed by atoms with Gasteiger partial charge in [0.15, 0.2) is 17.2 Å². The zero-order valence-electron chi connectivity index (χ0n) is 12.8. The van der Waals surface area contributed by atoms with E-state index in [-0.39, 0.29) is 11.3 Å². The number of hydrogen-bond donors (Lipinski definition) is 5. The van der Waals surface area contributed by atoms with Gasteiger partial charge in [-0.1, -0.05) is 11.6 Å². The van der Waals surface area contributed by atoms with Crippen molar-refractivity contribution >= 4 is 23.7 Å². The van der Waals surface area contributed by atoms with E-state index in [4.69, 9.17) is 11.6 Å². The molecule has 0 saturated heterocycles. The van der Waals surface area contributed by atoms with Gasteiger partial charge in [0.1, 0.15) is 5.75 Å². The molecule has 2 aromatic carbocycles. The maximum Gasteiger partial charge on any atom is 0.271 e. The van der Waals surface area contributed by atoms with Gasteiger partial charge >= 0.3 is 0 Å². The Bertz CT molecular complexity index is 826. The first-order valence-corrected chi connectivity index (χ1v) is 7.17. The number of amides is 1. The van der Waals surface area contributed by atoms with Crippen molar-refractivity contribution < 1.29 is 25.2 Å². The predicted octanol–water partition coefficient (Wildman–Crippen LogP) is 2.54. The second-order valence-electron chi connectivity index (χ2n) is 5.13. The molecule has 8 heteroatoms. The molecule has 7 nitrogen and oxygen atoms in total. The maximum absolute atomic E-state index is 11.9. The topological polar surface area (TPSA) is 122 Å². The predicted molar refractivity (Wildman–Crippen MR) is 89.1 cm³/mol. The van der Waals surface area contributed by atoms with Gasteiger partial charge in [0.05, 0.1) is 6.21 Å². The minimum absolute atomic E-state index is 0.0349. The van der Waals surface area contributed by atoms with Crippen LogP contribution in [0.15, 0.2) is 23.3 Å². The Balaban J connectivity index is 2.21. The Morgan fingerprint density at radius 3 is 2.25 bits per heavy atom. The number of halogens is 1. The van der Waals surface area contributed by atoms with Crippen molar-refractivity contribution in [1.29, 1.82) is 0 Å². The quantitative estimate of drug-likeness (QED) is 0.331. The van der Waals surface area contributed by atoms with Crippen LogP contribution in [0.5, 0.6) is 23.0 Å². The van der Waals surface area contributed by atoms with Gasteiger partial charge in [0.25, 0.3) is 5.91 Å². The van der Waals surface area contributed by atoms with E-state index in [1.54, 1.807) is 13.8 Å². The largest absolute Gasteiger partial charge is 0.507 e. The van der Waals surface area contributed by atoms with Crippen molar-refractivity contribution in [2.75, 3.05) is 0 Å². The molecular formula is C16H15ClN2O5. The van der Waals surface area contributed by atoms with Crippen molar-refractivity contribution in [3.8, 4) is 23.0 Å². The molecule has 0 radical (unpaired) electrons. The average molecular weight is 351 g/mol. The van der Waals surface area contributed by atoms with Crippen molar-refractivity contribution in [3.63, 3.8) is 0 Å². The van der Waals surface area contributed by atoms with Gasteiger partial charge < -0.3 is 20.4 Å². The standard InChI is InChI=1S/C16H15ClN2O5/c1-7-3-11(20)10(8(2)14(7)17)6-18-19-16(24)9-4-12(21)15(23)13(22)5-9/h3-6,20-23H,1-2H3,(H,19,24)/b18-6+. The van der Waals surface area contributed by atoms with Crippen LogP contribution in [-0.2, 0) is 0 Å². The molecule has 0 heterocycles. The van der Waals surface area contributed by atoms with Gasteiger partial charge in [0, 0.05) is 16.1 Å². The van der Waals surface area contributed by atoms with Crippen LogP contribution in [0.3, 0.4) is 0 Å². The highest BCUT2D eigenvalue weighted by Gasteiger charge is 2.13. The van der Waals surface area contributed by atoms with E-state index in [2.05, 4.69) is 10.5 Å². The summed E-state index contributed by atoms with van der Waals surface area (Å²) >= 11 is 6.10. The van der Waals surface area contributed by atoms with Crippen molar-refractivity contribution in [1.82, 2.24) is 5.43 Å². The van der Waals surface area contributed by atoms with Crippen molar-refractivity contribution in [3.05, 3.63) is 45.5 Å². The van der Waals surface area contributed by atoms with E-state index in [0.717, 1.165) is 12.1 Å². The first-order valence-electron chi connectivity index (χ1n) is 6.79. The first-order chi connectivity index (χ1) is 11.2. The lowest BCUT2D eigenvalue weighted by Crippen LogP contribution is -2.17. The highest BCUT2D eigenvalue weighted by Crippen LogP contribution is 2.35. The highest BCUT2D eigenvalue weighted by atomic mass is 35.5. The summed E-state index contributed by atoms with van der Waals surface area (Å²) in [4.78, 5) is 11.9. The molecular weight excluding hydrogens is 336 g/mol. The van der Waals surface area contributed by atoms with Crippen LogP contribution in [0, 0.1) is 13.8 Å². The van der Waals surface area contributed by atoms with E-state index in [9.17, 15) is 25.2 Å². The number of phenols is 4. The van der Waals surface area contributed by atoms with E-state index < -0.39 is 23.2 Å². The molecule has 0 atom stereocenters. The molecule has 0 aliphatic rings. The number of nitrogens with zero attached hydrogens (tertiary/aromatic N) is 1. The number of phenolic OH excluding ortho intramolecular Hbond substituents is 4. The second-order valence-corrected chi connectivity index (χ2v) is 5.51. The zero-order valence-corrected chi connectivity index (χ0v) is 13.6. The number of aryl methyl sites for hydroxylation is 1. The summed E-state index contributed by atoms with van der Waals surface area (Å²) in [6, 6.07) is 3.44. The number of carbonyl (C=O) groups excluding carboxylic acids is 1. The number of rotatable bonds is 3. The van der Waals surface area contributed by atoms with E-state index in [0.29, 0.717) is 21.7 Å². The molecule has 0 aromatic heterocycles. The molecule has 0 spiro atoms. The Morgan fingerprint density at radius 1 is 1.08 bits per heavy atom. The summed E-state index contributed by atoms with van der Waals surface area (Å²) in [5, 5.41) is 42.1. The lowest BCUT2D eigenvalue weighted by molar-refractivity contribution is 0.0954. The number of benzene rings is 2. The Kier molecular flexibility index (Phi) is 4.85. The van der Waals surface area contributed by atoms with Crippen LogP contribution < -0.4 is 5.43 Å². The number of aromatic hydroxyl groups is 4. The van der Waals surface area contributed by atoms with Crippen LogP contribution in [0.2, 0.25) is 5.02 Å². The van der Waals surface area contributed by atoms with E-state index >= 15 is 0 Å². The molecule has 1 amide bonds. The number of nitrogens with one attached hydrogen (secondary N) is 1. The fourth-order valence-corrected chi connectivity index (χ4v) is 2.23. The molecule has 5 N–H and O–H groups in total. The molecule has 0 aliphatic carbocycles. The van der Waals surface area contributed by atoms with Crippen LogP contribution in [0.1, 0.15) is 27.0 Å². The summed E-state index contributed by atoms with van der Waals surface area (Å²) in [5.41, 5.74) is 3.74. The molecule has 0 saturated carbocycles. The maximum atomic E-state index is 11.9. The average Bonchev–Trinajstić information content (AvgIpc) is 2.53. The van der Waals surface area contributed by atoms with Crippen LogP contribution in [0.25, 0.3) is 0 Å². The van der Waals surface area contributed by atoms with Crippen LogP contribution in [0.4, 0.5) is 0 Å². The minimum Gasteiger partial charge on any atom is -0.507 e. The van der Waals surface area contributed by atoms with Crippen molar-refractivity contribution in [2.24, 2.45) is 5.10 Å². The Hall–Kier alpha value is -2.93. The minimum atomic E-state index is -0.729. The lowest BCUT2D eigenvalue weighted by Gasteiger charge is -2.09. The van der Waals surface area contributed by atoms with Gasteiger partial charge in [-0.15, -0.1) is 0 Å². The second kappa shape index (κ2) is 6.67. The molecule has 0 unspecified atom stereocenters. The molecule has 24 heavy (non-hydrogen) atoms. The van der Waals surface area contributed by atoms with Gasteiger partial charge in [-0.3, -0.25) is 4.79 Å². The summed E-state index contributed by atoms with van der Waals surface area (Å²) < 4.78 is 0. The highest BCUT2D eigenvalue weighted by molar-refractivity contribution is 6.32. The normalized spacial score (nSPS) is 11.0. The van der Waals surface area contributed by atoms with Crippen LogP contribution in [-0.4, -0.2) is 32.5 Å². The summed E-state index contributed by atoms with van der Waals surface area (Å²) in [5.74, 6) is -2.75. The zero-order chi connectivity index (χ0) is 18.0. The monoisotopic (exact) mass is 350 g/mol. The molecule has 2 aromatic rings. The van der Waals surface area contributed by atoms with E-state index in [1.807, 2.05) is 0 Å². The van der Waals surface area contributed by atoms with Gasteiger partial charge in [-0.25, -0.2) is 5.43 Å². The lowest BCUT2D eigenvalue weighted by atomic mass is 10.1. The summed E-state index contributed by atoms with van der Waals surface area (Å²) in [7, 11) is 0. The number of carbonyl (C=O) groups is 1. The molecule has 0 fully saturated rings. The number of hydrazone groups is 1. The van der Waals surface area contributed by atoms with Gasteiger partial charge in [-0.2, -0.15) is 5.10 Å². The van der Waals surface area contributed by atoms with E-state index in [1.165, 1.54) is 12.3 Å². The third kappa shape index (κ3) is 3.36. The first kappa shape index (κ1) is 17.4. The summed E-state index contributed by atoms with van der Waals surface area (Å²) in [6.45, 7) is 3.45. The number of hydrogen-bond acceptors (Lipinski definition) is 6. The third-order valence-corrected chi connectivity index (χ3v) is 3.98. The Labute approximate surface area is 142 Å². The Morgan fingerprint density at radius 2 is 1.67 bits per heavy atom. The summed E-state index contributed by atoms with van der Waals surface area (Å²) in [6.07, 6.45) is 1.23. The molecule has 0 aliphatic heterocycles. The molecule has 0 bridgehead atoms. The molecule has 2 rings (SSSR count). The molecule has 126 valence electrons. The third-order valence-electron chi connectivity index (χ3n) is 3.40. The fourth-order valence-electron chi connectivity index (χ4n) is 2.07. The van der Waals surface area contributed by atoms with Gasteiger partial charge in [-0.05, 0) is 43.2 Å². The van der Waals surface area contributed by atoms with Gasteiger partial charge in [0.2, 0.25) is 0 Å². The van der Waals surface area contributed by atoms with Crippen molar-refractivity contribution in [2.45, 2.75) is 13.8 Å². The smallest absolute Gasteiger partial charge is 0.271 e. The fraction of sp³-hybridized carbons (Fsp3) is 0.125. The SMILES string of the molecule is Cc1cc(O)c(/C=N/NC(=O)c2cc(O)c(O)c(O)c2)c(C)c1Cl.